The summed E-state index contributed by atoms with van der Waals surface area (Å²) < 4.78 is 7.73. The zero-order valence-corrected chi connectivity index (χ0v) is 10.7. The number of nitrogens with zero attached hydrogens (tertiary/aromatic N) is 3. The molecular formula is C12H22N4O. The van der Waals surface area contributed by atoms with E-state index in [1.807, 2.05) is 4.68 Å². The number of hydrogen-bond acceptors (Lipinski definition) is 4. The van der Waals surface area contributed by atoms with Crippen molar-refractivity contribution in [1.29, 1.82) is 0 Å². The van der Waals surface area contributed by atoms with Gasteiger partial charge in [-0.15, -0.1) is 0 Å². The van der Waals surface area contributed by atoms with Crippen LogP contribution in [0.15, 0.2) is 6.33 Å². The molecule has 1 aliphatic rings. The fourth-order valence-electron chi connectivity index (χ4n) is 2.09. The maximum Gasteiger partial charge on any atom is 0.152 e. The van der Waals surface area contributed by atoms with Gasteiger partial charge in [0.15, 0.2) is 5.82 Å². The minimum Gasteiger partial charge on any atom is -0.370 e. The SMILES string of the molecule is CC(C)Cn1ncnc1COC1CC(CN)C1. The molecule has 1 saturated carbocycles. The Bertz CT molecular complexity index is 344. The van der Waals surface area contributed by atoms with Crippen LogP contribution in [0.25, 0.3) is 0 Å². The van der Waals surface area contributed by atoms with E-state index in [2.05, 4.69) is 23.9 Å². The Morgan fingerprint density at radius 3 is 2.94 bits per heavy atom. The first-order valence-electron chi connectivity index (χ1n) is 6.37. The lowest BCUT2D eigenvalue weighted by Gasteiger charge is -2.34. The first-order valence-corrected chi connectivity index (χ1v) is 6.37. The topological polar surface area (TPSA) is 66.0 Å². The molecule has 1 heterocycles. The van der Waals surface area contributed by atoms with Crippen molar-refractivity contribution in [2.75, 3.05) is 6.54 Å². The van der Waals surface area contributed by atoms with E-state index in [-0.39, 0.29) is 0 Å². The summed E-state index contributed by atoms with van der Waals surface area (Å²) in [5.41, 5.74) is 5.58. The molecule has 0 unspecified atom stereocenters. The Balaban J connectivity index is 1.77. The van der Waals surface area contributed by atoms with Crippen LogP contribution in [0.2, 0.25) is 0 Å². The highest BCUT2D eigenvalue weighted by Crippen LogP contribution is 2.29. The van der Waals surface area contributed by atoms with Gasteiger partial charge < -0.3 is 10.5 Å². The lowest BCUT2D eigenvalue weighted by Crippen LogP contribution is -2.35. The molecule has 0 saturated heterocycles. The van der Waals surface area contributed by atoms with Crippen LogP contribution in [0.3, 0.4) is 0 Å². The van der Waals surface area contributed by atoms with Gasteiger partial charge in [0.1, 0.15) is 12.9 Å². The monoisotopic (exact) mass is 238 g/mol. The first kappa shape index (κ1) is 12.5. The molecule has 1 aromatic rings. The van der Waals surface area contributed by atoms with Crippen molar-refractivity contribution < 1.29 is 4.74 Å². The van der Waals surface area contributed by atoms with Crippen molar-refractivity contribution in [3.8, 4) is 0 Å². The maximum atomic E-state index is 5.80. The number of nitrogens with two attached hydrogens (primary N) is 1. The van der Waals surface area contributed by atoms with Gasteiger partial charge in [0, 0.05) is 6.54 Å². The lowest BCUT2D eigenvalue weighted by molar-refractivity contribution is -0.0412. The molecule has 5 nitrogen and oxygen atoms in total. The molecule has 0 radical (unpaired) electrons. The average Bonchev–Trinajstić information content (AvgIpc) is 2.63. The lowest BCUT2D eigenvalue weighted by atomic mass is 9.82. The zero-order valence-electron chi connectivity index (χ0n) is 10.7. The Morgan fingerprint density at radius 2 is 2.29 bits per heavy atom. The number of ether oxygens (including phenoxy) is 1. The molecule has 96 valence electrons. The second-order valence-corrected chi connectivity index (χ2v) is 5.26. The van der Waals surface area contributed by atoms with Gasteiger partial charge in [0.25, 0.3) is 0 Å². The fourth-order valence-corrected chi connectivity index (χ4v) is 2.09. The van der Waals surface area contributed by atoms with Crippen LogP contribution in [0, 0.1) is 11.8 Å². The quantitative estimate of drug-likeness (QED) is 0.808. The van der Waals surface area contributed by atoms with Gasteiger partial charge >= 0.3 is 0 Å². The normalized spacial score (nSPS) is 24.0. The Labute approximate surface area is 102 Å². The van der Waals surface area contributed by atoms with Crippen LogP contribution >= 0.6 is 0 Å². The summed E-state index contributed by atoms with van der Waals surface area (Å²) in [7, 11) is 0. The van der Waals surface area contributed by atoms with E-state index in [0.717, 1.165) is 31.8 Å². The highest BCUT2D eigenvalue weighted by Gasteiger charge is 2.28. The maximum absolute atomic E-state index is 5.80. The molecule has 0 atom stereocenters. The van der Waals surface area contributed by atoms with Crippen LogP contribution in [-0.2, 0) is 17.9 Å². The van der Waals surface area contributed by atoms with Gasteiger partial charge in [-0.05, 0) is 31.2 Å². The van der Waals surface area contributed by atoms with Crippen molar-refractivity contribution >= 4 is 0 Å². The molecule has 2 rings (SSSR count). The van der Waals surface area contributed by atoms with Gasteiger partial charge in [-0.25, -0.2) is 9.67 Å². The third kappa shape index (κ3) is 3.26. The Hall–Kier alpha value is -0.940. The summed E-state index contributed by atoms with van der Waals surface area (Å²) in [6, 6.07) is 0. The molecule has 2 N–H and O–H groups in total. The van der Waals surface area contributed by atoms with Crippen molar-refractivity contribution in [2.24, 2.45) is 17.6 Å². The van der Waals surface area contributed by atoms with Crippen LogP contribution in [0.4, 0.5) is 0 Å². The van der Waals surface area contributed by atoms with Crippen LogP contribution in [0.1, 0.15) is 32.5 Å². The van der Waals surface area contributed by atoms with Crippen molar-refractivity contribution in [3.05, 3.63) is 12.2 Å². The molecule has 5 heteroatoms. The highest BCUT2D eigenvalue weighted by molar-refractivity contribution is 4.85. The van der Waals surface area contributed by atoms with Crippen LogP contribution < -0.4 is 5.73 Å². The van der Waals surface area contributed by atoms with Gasteiger partial charge in [-0.1, -0.05) is 13.8 Å². The molecule has 0 aromatic carbocycles. The van der Waals surface area contributed by atoms with E-state index in [9.17, 15) is 0 Å². The van der Waals surface area contributed by atoms with E-state index in [1.54, 1.807) is 6.33 Å². The average molecular weight is 238 g/mol. The molecule has 0 spiro atoms. The molecule has 0 bridgehead atoms. The molecule has 1 aliphatic carbocycles. The van der Waals surface area contributed by atoms with E-state index in [1.165, 1.54) is 0 Å². The second-order valence-electron chi connectivity index (χ2n) is 5.26. The number of rotatable bonds is 6. The molecule has 1 fully saturated rings. The fraction of sp³-hybridized carbons (Fsp3) is 0.833. The van der Waals surface area contributed by atoms with Gasteiger partial charge in [0.2, 0.25) is 0 Å². The second kappa shape index (κ2) is 5.60. The predicted octanol–water partition coefficient (Wildman–Crippen LogP) is 1.19. The largest absolute Gasteiger partial charge is 0.370 e. The number of hydrogen-bond donors (Lipinski definition) is 1. The summed E-state index contributed by atoms with van der Waals surface area (Å²) in [5.74, 6) is 2.16. The van der Waals surface area contributed by atoms with E-state index in [4.69, 9.17) is 10.5 Å². The van der Waals surface area contributed by atoms with Crippen molar-refractivity contribution in [3.63, 3.8) is 0 Å². The standard InChI is InChI=1S/C12H22N4O/c1-9(2)6-16-12(14-8-15-16)7-17-11-3-10(4-11)5-13/h8-11H,3-7,13H2,1-2H3. The Morgan fingerprint density at radius 1 is 1.53 bits per heavy atom. The van der Waals surface area contributed by atoms with E-state index in [0.29, 0.717) is 24.5 Å². The first-order chi connectivity index (χ1) is 8.19. The molecular weight excluding hydrogens is 216 g/mol. The Kier molecular flexibility index (Phi) is 4.12. The summed E-state index contributed by atoms with van der Waals surface area (Å²) >= 11 is 0. The molecule has 0 aliphatic heterocycles. The van der Waals surface area contributed by atoms with Crippen LogP contribution in [-0.4, -0.2) is 27.4 Å². The molecule has 0 amide bonds. The van der Waals surface area contributed by atoms with E-state index >= 15 is 0 Å². The van der Waals surface area contributed by atoms with Gasteiger partial charge in [-0.3, -0.25) is 0 Å². The summed E-state index contributed by atoms with van der Waals surface area (Å²) in [6.07, 6.45) is 4.15. The minimum absolute atomic E-state index is 0.368. The third-order valence-electron chi connectivity index (χ3n) is 3.21. The highest BCUT2D eigenvalue weighted by atomic mass is 16.5. The van der Waals surface area contributed by atoms with Gasteiger partial charge in [0.05, 0.1) is 6.10 Å². The summed E-state index contributed by atoms with van der Waals surface area (Å²) in [6.45, 7) is 6.58. The minimum atomic E-state index is 0.368. The summed E-state index contributed by atoms with van der Waals surface area (Å²) in [5, 5.41) is 4.21. The predicted molar refractivity (Wildman–Crippen MR) is 65.2 cm³/mol. The molecule has 1 aromatic heterocycles. The van der Waals surface area contributed by atoms with E-state index < -0.39 is 0 Å². The van der Waals surface area contributed by atoms with Crippen molar-refractivity contribution in [1.82, 2.24) is 14.8 Å². The van der Waals surface area contributed by atoms with Crippen molar-refractivity contribution in [2.45, 2.75) is 45.9 Å². The summed E-state index contributed by atoms with van der Waals surface area (Å²) in [4.78, 5) is 4.24. The molecule has 17 heavy (non-hydrogen) atoms. The third-order valence-corrected chi connectivity index (χ3v) is 3.21. The van der Waals surface area contributed by atoms with Gasteiger partial charge in [-0.2, -0.15) is 5.10 Å². The zero-order chi connectivity index (χ0) is 12.3. The smallest absolute Gasteiger partial charge is 0.152 e. The van der Waals surface area contributed by atoms with Crippen LogP contribution in [0.5, 0.6) is 0 Å². The number of aromatic nitrogens is 3.